The summed E-state index contributed by atoms with van der Waals surface area (Å²) in [4.78, 5) is 0. The van der Waals surface area contributed by atoms with Crippen LogP contribution in [0.15, 0.2) is 54.1 Å². The third-order valence-electron chi connectivity index (χ3n) is 4.96. The summed E-state index contributed by atoms with van der Waals surface area (Å²) in [7, 11) is 0. The second kappa shape index (κ2) is 4.66. The van der Waals surface area contributed by atoms with E-state index in [1.165, 1.54) is 28.0 Å². The van der Waals surface area contributed by atoms with Crippen molar-refractivity contribution < 1.29 is 0 Å². The normalized spacial score (nSPS) is 16.5. The molecule has 1 heterocycles. The van der Waals surface area contributed by atoms with Crippen molar-refractivity contribution in [3.63, 3.8) is 0 Å². The van der Waals surface area contributed by atoms with Crippen LogP contribution in [0, 0.1) is 6.92 Å². The number of allylic oxidation sites excluding steroid dienone is 4. The predicted molar refractivity (Wildman–Crippen MR) is 92.8 cm³/mol. The van der Waals surface area contributed by atoms with Gasteiger partial charge in [-0.3, -0.25) is 0 Å². The van der Waals surface area contributed by atoms with Gasteiger partial charge < -0.3 is 0 Å². The first-order valence-electron chi connectivity index (χ1n) is 8.13. The van der Waals surface area contributed by atoms with Gasteiger partial charge in [-0.05, 0) is 61.1 Å². The lowest BCUT2D eigenvalue weighted by Crippen LogP contribution is -2.04. The van der Waals surface area contributed by atoms with Crippen LogP contribution in [0.4, 0.5) is 0 Å². The Bertz CT molecular complexity index is 1000. The van der Waals surface area contributed by atoms with E-state index >= 15 is 0 Å². The fraction of sp³-hybridized carbons (Fsp3) is 0.200. The van der Waals surface area contributed by atoms with E-state index in [9.17, 15) is 0 Å². The Hall–Kier alpha value is -2.68. The van der Waals surface area contributed by atoms with Gasteiger partial charge in [0.1, 0.15) is 5.52 Å². The van der Waals surface area contributed by atoms with E-state index in [0.29, 0.717) is 0 Å². The molecule has 0 radical (unpaired) electrons. The van der Waals surface area contributed by atoms with Crippen molar-refractivity contribution in [3.8, 4) is 0 Å². The maximum atomic E-state index is 4.38. The van der Waals surface area contributed by atoms with E-state index in [1.54, 1.807) is 5.57 Å². The van der Waals surface area contributed by atoms with Gasteiger partial charge in [-0.15, -0.1) is 5.10 Å². The second-order valence-electron chi connectivity index (χ2n) is 6.48. The molecule has 0 unspecified atom stereocenters. The van der Waals surface area contributed by atoms with Crippen LogP contribution in [-0.4, -0.2) is 15.0 Å². The third-order valence-corrected chi connectivity index (χ3v) is 4.96. The summed E-state index contributed by atoms with van der Waals surface area (Å²) in [5.41, 5.74) is 10.4. The fourth-order valence-electron chi connectivity index (χ4n) is 3.78. The average molecular weight is 299 g/mol. The zero-order valence-corrected chi connectivity index (χ0v) is 13.1. The largest absolute Gasteiger partial charge is 0.217 e. The highest BCUT2D eigenvalue weighted by Crippen LogP contribution is 2.41. The molecule has 1 aromatic heterocycles. The second-order valence-corrected chi connectivity index (χ2v) is 6.48. The Morgan fingerprint density at radius 1 is 1.04 bits per heavy atom. The zero-order valence-electron chi connectivity index (χ0n) is 13.1. The van der Waals surface area contributed by atoms with E-state index < -0.39 is 0 Å². The van der Waals surface area contributed by atoms with Crippen molar-refractivity contribution in [2.75, 3.05) is 0 Å². The summed E-state index contributed by atoms with van der Waals surface area (Å²) in [5.74, 6) is 0. The Balaban J connectivity index is 1.65. The smallest absolute Gasteiger partial charge is 0.113 e. The van der Waals surface area contributed by atoms with Crippen LogP contribution >= 0.6 is 0 Å². The van der Waals surface area contributed by atoms with Crippen LogP contribution in [0.1, 0.15) is 29.5 Å². The lowest BCUT2D eigenvalue weighted by molar-refractivity contribution is 0.789. The van der Waals surface area contributed by atoms with E-state index in [1.807, 2.05) is 22.9 Å². The van der Waals surface area contributed by atoms with E-state index in [2.05, 4.69) is 47.6 Å². The van der Waals surface area contributed by atoms with Crippen LogP contribution in [0.3, 0.4) is 0 Å². The fourth-order valence-corrected chi connectivity index (χ4v) is 3.78. The first-order chi connectivity index (χ1) is 11.3. The molecule has 112 valence electrons. The maximum absolute atomic E-state index is 4.38. The number of para-hydroxylation sites is 1. The van der Waals surface area contributed by atoms with Gasteiger partial charge in [-0.1, -0.05) is 46.7 Å². The van der Waals surface area contributed by atoms with E-state index in [4.69, 9.17) is 0 Å². The highest BCUT2D eigenvalue weighted by Gasteiger charge is 2.24. The predicted octanol–water partition coefficient (Wildman–Crippen LogP) is 4.38. The van der Waals surface area contributed by atoms with Crippen molar-refractivity contribution >= 4 is 22.3 Å². The topological polar surface area (TPSA) is 30.7 Å². The molecule has 0 saturated carbocycles. The SMILES string of the molecule is Cc1ccc2c(c1)C1=C(CCC(n3nnc4ccccc43)=C1)C2. The minimum Gasteiger partial charge on any atom is -0.217 e. The highest BCUT2D eigenvalue weighted by molar-refractivity contribution is 5.90. The van der Waals surface area contributed by atoms with Gasteiger partial charge in [0.2, 0.25) is 0 Å². The van der Waals surface area contributed by atoms with Gasteiger partial charge in [0.25, 0.3) is 0 Å². The Kier molecular flexibility index (Phi) is 2.60. The lowest BCUT2D eigenvalue weighted by Gasteiger charge is -2.16. The summed E-state index contributed by atoms with van der Waals surface area (Å²) >= 11 is 0. The standard InChI is InChI=1S/C20H17N3/c1-13-6-7-14-11-15-8-9-16(12-18(15)17(14)10-13)23-20-5-3-2-4-19(20)21-22-23/h2-7,10,12H,8-9,11H2,1H3. The maximum Gasteiger partial charge on any atom is 0.113 e. The molecule has 2 aliphatic carbocycles. The summed E-state index contributed by atoms with van der Waals surface area (Å²) < 4.78 is 2.01. The molecule has 5 rings (SSSR count). The Labute approximate surface area is 134 Å². The molecule has 0 bridgehead atoms. The van der Waals surface area contributed by atoms with E-state index in [-0.39, 0.29) is 0 Å². The first kappa shape index (κ1) is 12.8. The monoisotopic (exact) mass is 299 g/mol. The van der Waals surface area contributed by atoms with Gasteiger partial charge in [0.15, 0.2) is 0 Å². The van der Waals surface area contributed by atoms with Crippen LogP contribution in [0.2, 0.25) is 0 Å². The number of hydrogen-bond donors (Lipinski definition) is 0. The van der Waals surface area contributed by atoms with E-state index in [0.717, 1.165) is 30.3 Å². The first-order valence-corrected chi connectivity index (χ1v) is 8.13. The zero-order chi connectivity index (χ0) is 15.4. The molecular weight excluding hydrogens is 282 g/mol. The van der Waals surface area contributed by atoms with Gasteiger partial charge in [0, 0.05) is 5.70 Å². The van der Waals surface area contributed by atoms with Gasteiger partial charge >= 0.3 is 0 Å². The molecule has 0 atom stereocenters. The van der Waals surface area contributed by atoms with Crippen molar-refractivity contribution in [2.24, 2.45) is 0 Å². The summed E-state index contributed by atoms with van der Waals surface area (Å²) in [5, 5.41) is 8.68. The summed E-state index contributed by atoms with van der Waals surface area (Å²) in [6.07, 6.45) is 5.57. The number of benzene rings is 2. The molecule has 2 aromatic carbocycles. The van der Waals surface area contributed by atoms with Crippen LogP contribution in [-0.2, 0) is 6.42 Å². The van der Waals surface area contributed by atoms with Crippen LogP contribution in [0.25, 0.3) is 22.3 Å². The molecule has 0 saturated heterocycles. The number of hydrogen-bond acceptors (Lipinski definition) is 2. The molecule has 3 heteroatoms. The highest BCUT2D eigenvalue weighted by atomic mass is 15.4. The number of nitrogens with zero attached hydrogens (tertiary/aromatic N) is 3. The molecule has 3 aromatic rings. The summed E-state index contributed by atoms with van der Waals surface area (Å²) in [6, 6.07) is 15.0. The van der Waals surface area contributed by atoms with Crippen molar-refractivity contribution in [2.45, 2.75) is 26.2 Å². The van der Waals surface area contributed by atoms with Crippen molar-refractivity contribution in [1.29, 1.82) is 0 Å². The molecule has 3 nitrogen and oxygen atoms in total. The number of rotatable bonds is 1. The molecule has 0 aliphatic heterocycles. The number of aromatic nitrogens is 3. The minimum atomic E-state index is 0.954. The number of fused-ring (bicyclic) bond motifs is 3. The van der Waals surface area contributed by atoms with Gasteiger partial charge in [-0.25, -0.2) is 4.68 Å². The Morgan fingerprint density at radius 2 is 1.96 bits per heavy atom. The molecular formula is C20H17N3. The van der Waals surface area contributed by atoms with Crippen molar-refractivity contribution in [1.82, 2.24) is 15.0 Å². The lowest BCUT2D eigenvalue weighted by atomic mass is 9.95. The van der Waals surface area contributed by atoms with Crippen molar-refractivity contribution in [3.05, 3.63) is 70.8 Å². The molecule has 0 N–H and O–H groups in total. The van der Waals surface area contributed by atoms with Gasteiger partial charge in [-0.2, -0.15) is 0 Å². The van der Waals surface area contributed by atoms with Crippen LogP contribution in [0.5, 0.6) is 0 Å². The average Bonchev–Trinajstić information content (AvgIpc) is 3.15. The molecule has 0 spiro atoms. The molecule has 23 heavy (non-hydrogen) atoms. The number of aryl methyl sites for hydroxylation is 1. The minimum absolute atomic E-state index is 0.954. The van der Waals surface area contributed by atoms with Crippen LogP contribution < -0.4 is 0 Å². The van der Waals surface area contributed by atoms with Gasteiger partial charge in [0.05, 0.1) is 5.52 Å². The quantitative estimate of drug-likeness (QED) is 0.667. The molecule has 0 fully saturated rings. The third kappa shape index (κ3) is 1.89. The molecule has 0 amide bonds. The summed E-state index contributed by atoms with van der Waals surface area (Å²) in [6.45, 7) is 2.16. The molecule has 2 aliphatic rings. The Morgan fingerprint density at radius 3 is 2.91 bits per heavy atom.